The average molecular weight is 296 g/mol. The van der Waals surface area contributed by atoms with Gasteiger partial charge in [-0.2, -0.15) is 0 Å². The summed E-state index contributed by atoms with van der Waals surface area (Å²) in [5, 5.41) is 9.64. The Labute approximate surface area is 130 Å². The van der Waals surface area contributed by atoms with Crippen molar-refractivity contribution < 1.29 is 14.6 Å². The van der Waals surface area contributed by atoms with Gasteiger partial charge in [0, 0.05) is 0 Å². The van der Waals surface area contributed by atoms with Gasteiger partial charge in [0.1, 0.15) is 19.0 Å². The normalized spacial score (nSPS) is 18.0. The fraction of sp³-hybridized carbons (Fsp3) is 0.263. The predicted octanol–water partition coefficient (Wildman–Crippen LogP) is 3.78. The average Bonchev–Trinajstić information content (AvgIpc) is 2.79. The third-order valence-corrected chi connectivity index (χ3v) is 3.71. The molecule has 1 atom stereocenters. The Morgan fingerprint density at radius 1 is 1.09 bits per heavy atom. The van der Waals surface area contributed by atoms with Crippen molar-refractivity contribution >= 4 is 5.57 Å². The van der Waals surface area contributed by atoms with Crippen LogP contribution in [0.4, 0.5) is 0 Å². The lowest BCUT2D eigenvalue weighted by molar-refractivity contribution is 0.0851. The lowest BCUT2D eigenvalue weighted by Gasteiger charge is -2.10. The lowest BCUT2D eigenvalue weighted by Crippen LogP contribution is -2.10. The highest BCUT2D eigenvalue weighted by Crippen LogP contribution is 2.26. The maximum Gasteiger partial charge on any atom is 0.120 e. The molecule has 3 rings (SSSR count). The Morgan fingerprint density at radius 3 is 2.82 bits per heavy atom. The Kier molecular flexibility index (Phi) is 4.76. The Balaban J connectivity index is 1.68. The summed E-state index contributed by atoms with van der Waals surface area (Å²) in [6, 6.07) is 18.1. The van der Waals surface area contributed by atoms with Gasteiger partial charge < -0.3 is 14.6 Å². The van der Waals surface area contributed by atoms with Crippen molar-refractivity contribution in [3.8, 4) is 5.75 Å². The van der Waals surface area contributed by atoms with E-state index in [4.69, 9.17) is 9.47 Å². The molecule has 3 heteroatoms. The number of ether oxygens (including phenoxy) is 2. The van der Waals surface area contributed by atoms with Crippen molar-refractivity contribution in [2.75, 3.05) is 6.61 Å². The molecule has 1 unspecified atom stereocenters. The SMILES string of the molecule is OC1CCC(c2cccc(OCc3ccccc3)c2)=COC1. The van der Waals surface area contributed by atoms with Crippen LogP contribution < -0.4 is 4.74 Å². The molecule has 1 heterocycles. The van der Waals surface area contributed by atoms with Crippen LogP contribution in [0, 0.1) is 0 Å². The highest BCUT2D eigenvalue weighted by atomic mass is 16.5. The smallest absolute Gasteiger partial charge is 0.120 e. The largest absolute Gasteiger partial charge is 0.498 e. The molecule has 0 saturated carbocycles. The predicted molar refractivity (Wildman–Crippen MR) is 86.4 cm³/mol. The van der Waals surface area contributed by atoms with E-state index in [1.807, 2.05) is 54.6 Å². The van der Waals surface area contributed by atoms with Crippen LogP contribution in [0.5, 0.6) is 5.75 Å². The molecule has 3 nitrogen and oxygen atoms in total. The summed E-state index contributed by atoms with van der Waals surface area (Å²) in [5.41, 5.74) is 3.33. The molecule has 1 aliphatic heterocycles. The van der Waals surface area contributed by atoms with Crippen LogP contribution in [0.3, 0.4) is 0 Å². The molecule has 2 aromatic rings. The van der Waals surface area contributed by atoms with Crippen LogP contribution in [-0.2, 0) is 11.3 Å². The second-order valence-electron chi connectivity index (χ2n) is 5.47. The minimum atomic E-state index is -0.383. The van der Waals surface area contributed by atoms with E-state index >= 15 is 0 Å². The number of rotatable bonds is 4. The first-order valence-corrected chi connectivity index (χ1v) is 7.57. The molecule has 114 valence electrons. The molecule has 1 N–H and O–H groups in total. The molecule has 22 heavy (non-hydrogen) atoms. The van der Waals surface area contributed by atoms with E-state index in [0.717, 1.165) is 35.3 Å². The van der Waals surface area contributed by atoms with E-state index in [1.54, 1.807) is 6.26 Å². The number of aliphatic hydroxyl groups excluding tert-OH is 1. The van der Waals surface area contributed by atoms with Crippen molar-refractivity contribution in [2.45, 2.75) is 25.6 Å². The van der Waals surface area contributed by atoms with Crippen LogP contribution in [0.1, 0.15) is 24.0 Å². The summed E-state index contributed by atoms with van der Waals surface area (Å²) in [6.07, 6.45) is 2.91. The van der Waals surface area contributed by atoms with Gasteiger partial charge >= 0.3 is 0 Å². The van der Waals surface area contributed by atoms with Crippen molar-refractivity contribution in [1.29, 1.82) is 0 Å². The van der Waals surface area contributed by atoms with Gasteiger partial charge in [-0.25, -0.2) is 0 Å². The second kappa shape index (κ2) is 7.14. The molecule has 0 amide bonds. The maximum absolute atomic E-state index is 9.64. The molecule has 0 aliphatic carbocycles. The fourth-order valence-corrected chi connectivity index (χ4v) is 2.46. The summed E-state index contributed by atoms with van der Waals surface area (Å²) >= 11 is 0. The van der Waals surface area contributed by atoms with Crippen molar-refractivity contribution in [1.82, 2.24) is 0 Å². The van der Waals surface area contributed by atoms with Gasteiger partial charge in [0.05, 0.1) is 12.4 Å². The third-order valence-electron chi connectivity index (χ3n) is 3.71. The van der Waals surface area contributed by atoms with Crippen molar-refractivity contribution in [3.63, 3.8) is 0 Å². The van der Waals surface area contributed by atoms with E-state index in [9.17, 15) is 5.11 Å². The molecule has 0 fully saturated rings. The van der Waals surface area contributed by atoms with Crippen LogP contribution >= 0.6 is 0 Å². The topological polar surface area (TPSA) is 38.7 Å². The van der Waals surface area contributed by atoms with Crippen molar-refractivity contribution in [3.05, 3.63) is 72.0 Å². The van der Waals surface area contributed by atoms with Gasteiger partial charge in [-0.15, -0.1) is 0 Å². The number of allylic oxidation sites excluding steroid dienone is 1. The lowest BCUT2D eigenvalue weighted by atomic mass is 10.0. The summed E-state index contributed by atoms with van der Waals surface area (Å²) in [6.45, 7) is 0.923. The molecular weight excluding hydrogens is 276 g/mol. The summed E-state index contributed by atoms with van der Waals surface area (Å²) in [5.74, 6) is 0.840. The molecule has 0 bridgehead atoms. The number of hydrogen-bond donors (Lipinski definition) is 1. The standard InChI is InChI=1S/C19H20O3/c20-18-10-9-17(13-21-14-18)16-7-4-8-19(11-16)22-12-15-5-2-1-3-6-15/h1-8,11,13,18,20H,9-10,12,14H2. The molecule has 1 aliphatic rings. The summed E-state index contributed by atoms with van der Waals surface area (Å²) in [4.78, 5) is 0. The van der Waals surface area contributed by atoms with E-state index in [-0.39, 0.29) is 6.10 Å². The van der Waals surface area contributed by atoms with E-state index in [2.05, 4.69) is 0 Å². The molecule has 0 saturated heterocycles. The zero-order valence-electron chi connectivity index (χ0n) is 12.4. The number of hydrogen-bond acceptors (Lipinski definition) is 3. The number of benzene rings is 2. The Bertz CT molecular complexity index is 634. The zero-order chi connectivity index (χ0) is 15.2. The highest BCUT2D eigenvalue weighted by molar-refractivity contribution is 5.66. The minimum Gasteiger partial charge on any atom is -0.498 e. The number of aliphatic hydroxyl groups is 1. The molecular formula is C19H20O3. The van der Waals surface area contributed by atoms with Crippen molar-refractivity contribution in [2.24, 2.45) is 0 Å². The highest BCUT2D eigenvalue weighted by Gasteiger charge is 2.13. The molecule has 2 aromatic carbocycles. The van der Waals surface area contributed by atoms with Gasteiger partial charge in [-0.3, -0.25) is 0 Å². The molecule has 0 radical (unpaired) electrons. The maximum atomic E-state index is 9.64. The van der Waals surface area contributed by atoms with Crippen LogP contribution in [0.25, 0.3) is 5.57 Å². The molecule has 0 spiro atoms. The Hall–Kier alpha value is -2.26. The van der Waals surface area contributed by atoms with Crippen LogP contribution in [0.15, 0.2) is 60.9 Å². The fourth-order valence-electron chi connectivity index (χ4n) is 2.46. The van der Waals surface area contributed by atoms with Gasteiger partial charge in [0.25, 0.3) is 0 Å². The Morgan fingerprint density at radius 2 is 1.95 bits per heavy atom. The van der Waals surface area contributed by atoms with E-state index in [0.29, 0.717) is 13.2 Å². The van der Waals surface area contributed by atoms with Crippen LogP contribution in [-0.4, -0.2) is 17.8 Å². The van der Waals surface area contributed by atoms with Crippen LogP contribution in [0.2, 0.25) is 0 Å². The van der Waals surface area contributed by atoms with Gasteiger partial charge in [0.2, 0.25) is 0 Å². The zero-order valence-corrected chi connectivity index (χ0v) is 12.4. The van der Waals surface area contributed by atoms with E-state index in [1.165, 1.54) is 0 Å². The molecule has 0 aromatic heterocycles. The first kappa shape index (κ1) is 14.7. The third kappa shape index (κ3) is 3.89. The van der Waals surface area contributed by atoms with Gasteiger partial charge in [-0.05, 0) is 41.7 Å². The van der Waals surface area contributed by atoms with Gasteiger partial charge in [-0.1, -0.05) is 42.5 Å². The van der Waals surface area contributed by atoms with Gasteiger partial charge in [0.15, 0.2) is 0 Å². The first-order chi connectivity index (χ1) is 10.8. The summed E-state index contributed by atoms with van der Waals surface area (Å²) in [7, 11) is 0. The van der Waals surface area contributed by atoms with E-state index < -0.39 is 0 Å². The monoisotopic (exact) mass is 296 g/mol. The first-order valence-electron chi connectivity index (χ1n) is 7.57. The second-order valence-corrected chi connectivity index (χ2v) is 5.47. The minimum absolute atomic E-state index is 0.369. The summed E-state index contributed by atoms with van der Waals surface area (Å²) < 4.78 is 11.2. The quantitative estimate of drug-likeness (QED) is 0.933.